The Bertz CT molecular complexity index is 620. The predicted octanol–water partition coefficient (Wildman–Crippen LogP) is 1.03. The molecule has 1 aromatic carbocycles. The lowest BCUT2D eigenvalue weighted by atomic mass is 10.1. The van der Waals surface area contributed by atoms with Crippen molar-refractivity contribution in [2.24, 2.45) is 0 Å². The van der Waals surface area contributed by atoms with Crippen molar-refractivity contribution in [3.63, 3.8) is 0 Å². The molecule has 0 bridgehead atoms. The van der Waals surface area contributed by atoms with E-state index in [0.29, 0.717) is 11.1 Å². The summed E-state index contributed by atoms with van der Waals surface area (Å²) in [4.78, 5) is 11.2. The van der Waals surface area contributed by atoms with Gasteiger partial charge >= 0.3 is 16.3 Å². The minimum atomic E-state index is -4.00. The molecular formula is C12H15N3O4S. The van der Waals surface area contributed by atoms with Gasteiger partial charge in [0.1, 0.15) is 0 Å². The first-order valence-electron chi connectivity index (χ1n) is 5.79. The van der Waals surface area contributed by atoms with Crippen LogP contribution in [0.3, 0.4) is 0 Å². The summed E-state index contributed by atoms with van der Waals surface area (Å²) in [6.07, 6.45) is -1.46. The molecule has 0 unspecified atom stereocenters. The van der Waals surface area contributed by atoms with Gasteiger partial charge in [-0.1, -0.05) is 12.1 Å². The van der Waals surface area contributed by atoms with Gasteiger partial charge in [0.05, 0.1) is 17.7 Å². The van der Waals surface area contributed by atoms with Crippen molar-refractivity contribution in [1.82, 2.24) is 9.44 Å². The Hall–Kier alpha value is -2.11. The summed E-state index contributed by atoms with van der Waals surface area (Å²) in [5.41, 5.74) is 1.03. The first kappa shape index (κ1) is 15.9. The van der Waals surface area contributed by atoms with E-state index >= 15 is 0 Å². The van der Waals surface area contributed by atoms with E-state index in [4.69, 9.17) is 5.26 Å². The van der Waals surface area contributed by atoms with E-state index in [2.05, 4.69) is 9.46 Å². The molecule has 0 aliphatic carbocycles. The number of nitriles is 1. The minimum absolute atomic E-state index is 0.0419. The van der Waals surface area contributed by atoms with Gasteiger partial charge in [0.15, 0.2) is 0 Å². The Labute approximate surface area is 117 Å². The van der Waals surface area contributed by atoms with Crippen molar-refractivity contribution in [1.29, 1.82) is 5.26 Å². The Morgan fingerprint density at radius 2 is 2.15 bits per heavy atom. The molecular weight excluding hydrogens is 282 g/mol. The van der Waals surface area contributed by atoms with Crippen LogP contribution in [-0.2, 0) is 21.5 Å². The molecule has 1 rings (SSSR count). The van der Waals surface area contributed by atoms with Crippen LogP contribution in [0.1, 0.15) is 25.0 Å². The summed E-state index contributed by atoms with van der Waals surface area (Å²) < 4.78 is 31.7. The average molecular weight is 297 g/mol. The normalized spacial score (nSPS) is 10.9. The van der Waals surface area contributed by atoms with Gasteiger partial charge in [-0.25, -0.2) is 9.52 Å². The van der Waals surface area contributed by atoms with Gasteiger partial charge in [-0.2, -0.15) is 18.4 Å². The van der Waals surface area contributed by atoms with E-state index in [9.17, 15) is 13.2 Å². The number of benzene rings is 1. The molecule has 0 heterocycles. The Kier molecular flexibility index (Phi) is 5.49. The van der Waals surface area contributed by atoms with Crippen LogP contribution in [0.2, 0.25) is 0 Å². The van der Waals surface area contributed by atoms with E-state index < -0.39 is 22.4 Å². The summed E-state index contributed by atoms with van der Waals surface area (Å²) in [6.45, 7) is 3.17. The van der Waals surface area contributed by atoms with Gasteiger partial charge in [-0.05, 0) is 31.5 Å². The van der Waals surface area contributed by atoms with Crippen molar-refractivity contribution >= 4 is 16.3 Å². The maximum Gasteiger partial charge on any atom is 0.422 e. The largest absolute Gasteiger partial charge is 0.446 e. The molecule has 1 amide bonds. The Morgan fingerprint density at radius 1 is 1.45 bits per heavy atom. The number of hydrogen-bond acceptors (Lipinski definition) is 5. The molecule has 0 aromatic heterocycles. The lowest BCUT2D eigenvalue weighted by Gasteiger charge is -2.10. The summed E-state index contributed by atoms with van der Waals surface area (Å²) >= 11 is 0. The SMILES string of the molecule is CC(C)OC(=O)NS(=O)(=O)NCc1cccc(C#N)c1. The van der Waals surface area contributed by atoms with Crippen molar-refractivity contribution in [2.75, 3.05) is 0 Å². The molecule has 0 saturated carbocycles. The predicted molar refractivity (Wildman–Crippen MR) is 71.7 cm³/mol. The standard InChI is InChI=1S/C12H15N3O4S/c1-9(2)19-12(16)15-20(17,18)14-8-11-5-3-4-10(6-11)7-13/h3-6,9,14H,8H2,1-2H3,(H,15,16). The van der Waals surface area contributed by atoms with Crippen LogP contribution in [0.25, 0.3) is 0 Å². The number of carbonyl (C=O) groups is 1. The van der Waals surface area contributed by atoms with Crippen LogP contribution in [-0.4, -0.2) is 20.6 Å². The summed E-state index contributed by atoms with van der Waals surface area (Å²) in [7, 11) is -4.00. The second-order valence-electron chi connectivity index (χ2n) is 4.19. The fraction of sp³-hybridized carbons (Fsp3) is 0.333. The molecule has 0 aliphatic heterocycles. The molecule has 2 N–H and O–H groups in total. The molecule has 20 heavy (non-hydrogen) atoms. The van der Waals surface area contributed by atoms with E-state index in [-0.39, 0.29) is 6.54 Å². The number of rotatable bonds is 5. The molecule has 7 nitrogen and oxygen atoms in total. The Balaban J connectivity index is 2.59. The third-order valence-corrected chi connectivity index (χ3v) is 3.04. The highest BCUT2D eigenvalue weighted by atomic mass is 32.2. The van der Waals surface area contributed by atoms with Crippen molar-refractivity contribution in [3.05, 3.63) is 35.4 Å². The first-order chi connectivity index (χ1) is 9.32. The second kappa shape index (κ2) is 6.88. The number of hydrogen-bond donors (Lipinski definition) is 2. The van der Waals surface area contributed by atoms with E-state index in [0.717, 1.165) is 0 Å². The highest BCUT2D eigenvalue weighted by molar-refractivity contribution is 7.88. The van der Waals surface area contributed by atoms with E-state index in [1.54, 1.807) is 42.8 Å². The highest BCUT2D eigenvalue weighted by Gasteiger charge is 2.15. The lowest BCUT2D eigenvalue weighted by molar-refractivity contribution is 0.121. The Morgan fingerprint density at radius 3 is 2.75 bits per heavy atom. The summed E-state index contributed by atoms with van der Waals surface area (Å²) in [5, 5.41) is 8.73. The van der Waals surface area contributed by atoms with E-state index in [1.807, 2.05) is 6.07 Å². The number of carbonyl (C=O) groups excluding carboxylic acids is 1. The lowest BCUT2D eigenvalue weighted by Crippen LogP contribution is -2.40. The summed E-state index contributed by atoms with van der Waals surface area (Å²) in [5.74, 6) is 0. The average Bonchev–Trinajstić information content (AvgIpc) is 2.35. The molecule has 0 atom stereocenters. The van der Waals surface area contributed by atoms with Gasteiger partial charge in [0.2, 0.25) is 0 Å². The summed E-state index contributed by atoms with van der Waals surface area (Å²) in [6, 6.07) is 8.41. The van der Waals surface area contributed by atoms with Crippen LogP contribution in [0, 0.1) is 11.3 Å². The maximum atomic E-state index is 11.6. The topological polar surface area (TPSA) is 108 Å². The van der Waals surface area contributed by atoms with Crippen molar-refractivity contribution < 1.29 is 17.9 Å². The van der Waals surface area contributed by atoms with E-state index in [1.165, 1.54) is 0 Å². The molecule has 0 aliphatic rings. The quantitative estimate of drug-likeness (QED) is 0.843. The number of nitrogens with zero attached hydrogens (tertiary/aromatic N) is 1. The van der Waals surface area contributed by atoms with Gasteiger partial charge in [-0.3, -0.25) is 0 Å². The molecule has 1 aromatic rings. The van der Waals surface area contributed by atoms with Crippen LogP contribution >= 0.6 is 0 Å². The van der Waals surface area contributed by atoms with Crippen LogP contribution in [0.15, 0.2) is 24.3 Å². The second-order valence-corrected chi connectivity index (χ2v) is 5.69. The van der Waals surface area contributed by atoms with Gasteiger partial charge in [0, 0.05) is 6.54 Å². The fourth-order valence-corrected chi connectivity index (χ4v) is 2.01. The number of amides is 1. The molecule has 108 valence electrons. The first-order valence-corrected chi connectivity index (χ1v) is 7.28. The zero-order valence-electron chi connectivity index (χ0n) is 11.1. The molecule has 0 radical (unpaired) electrons. The fourth-order valence-electron chi connectivity index (χ4n) is 1.31. The third-order valence-electron chi connectivity index (χ3n) is 2.08. The molecule has 0 fully saturated rings. The third kappa shape index (κ3) is 5.69. The minimum Gasteiger partial charge on any atom is -0.446 e. The van der Waals surface area contributed by atoms with Gasteiger partial charge in [-0.15, -0.1) is 0 Å². The van der Waals surface area contributed by atoms with Crippen molar-refractivity contribution in [3.8, 4) is 6.07 Å². The zero-order chi connectivity index (χ0) is 15.2. The smallest absolute Gasteiger partial charge is 0.422 e. The molecule has 0 saturated heterocycles. The van der Waals surface area contributed by atoms with Crippen LogP contribution in [0.4, 0.5) is 4.79 Å². The number of ether oxygens (including phenoxy) is 1. The highest BCUT2D eigenvalue weighted by Crippen LogP contribution is 2.04. The van der Waals surface area contributed by atoms with Crippen LogP contribution in [0.5, 0.6) is 0 Å². The monoisotopic (exact) mass is 297 g/mol. The van der Waals surface area contributed by atoms with Crippen molar-refractivity contribution in [2.45, 2.75) is 26.5 Å². The zero-order valence-corrected chi connectivity index (χ0v) is 11.9. The number of nitrogens with one attached hydrogen (secondary N) is 2. The van der Waals surface area contributed by atoms with Gasteiger partial charge in [0.25, 0.3) is 0 Å². The van der Waals surface area contributed by atoms with Gasteiger partial charge < -0.3 is 4.74 Å². The van der Waals surface area contributed by atoms with Crippen LogP contribution < -0.4 is 9.44 Å². The molecule has 8 heteroatoms. The molecule has 0 spiro atoms. The maximum absolute atomic E-state index is 11.6.